The third-order valence-electron chi connectivity index (χ3n) is 4.41. The average molecular weight is 391 g/mol. The maximum absolute atomic E-state index is 12.1. The highest BCUT2D eigenvalue weighted by atomic mass is 16.5. The first-order valence-electron chi connectivity index (χ1n) is 9.61. The van der Waals surface area contributed by atoms with Gasteiger partial charge in [-0.3, -0.25) is 4.79 Å². The van der Waals surface area contributed by atoms with Crippen LogP contribution in [0.5, 0.6) is 11.5 Å². The highest BCUT2D eigenvalue weighted by molar-refractivity contribution is 5.91. The highest BCUT2D eigenvalue weighted by Gasteiger charge is 2.07. The topological polar surface area (TPSA) is 67.8 Å². The summed E-state index contributed by atoms with van der Waals surface area (Å²) in [5.41, 5.74) is 2.60. The Kier molecular flexibility index (Phi) is 7.25. The molecule has 0 aliphatic carbocycles. The molecule has 5 nitrogen and oxygen atoms in total. The molecule has 0 spiro atoms. The number of rotatable bonds is 9. The molecule has 0 aromatic heterocycles. The van der Waals surface area contributed by atoms with Crippen LogP contribution in [0.2, 0.25) is 0 Å². The minimum Gasteiger partial charge on any atom is -0.489 e. The van der Waals surface area contributed by atoms with Gasteiger partial charge in [0, 0.05) is 5.69 Å². The Morgan fingerprint density at radius 1 is 0.897 bits per heavy atom. The molecule has 29 heavy (non-hydrogen) atoms. The fourth-order valence-corrected chi connectivity index (χ4v) is 2.74. The molecule has 0 aliphatic rings. The summed E-state index contributed by atoms with van der Waals surface area (Å²) >= 11 is 0. The first-order chi connectivity index (χ1) is 14.1. The Bertz CT molecular complexity index is 892. The van der Waals surface area contributed by atoms with Gasteiger partial charge in [0.1, 0.15) is 18.1 Å². The summed E-state index contributed by atoms with van der Waals surface area (Å²) in [6.07, 6.45) is 0.172. The first kappa shape index (κ1) is 20.4. The highest BCUT2D eigenvalue weighted by Crippen LogP contribution is 2.20. The smallest absolute Gasteiger partial charge is 0.262 e. The SMILES string of the molecule is CCC(O)c1ccc(OCC(=O)Nc2ccc(OCc3ccccc3)cc2)cc1. The lowest BCUT2D eigenvalue weighted by Gasteiger charge is -2.11. The van der Waals surface area contributed by atoms with Crippen LogP contribution >= 0.6 is 0 Å². The summed E-state index contributed by atoms with van der Waals surface area (Å²) in [4.78, 5) is 12.1. The van der Waals surface area contributed by atoms with Crippen LogP contribution in [0.25, 0.3) is 0 Å². The van der Waals surface area contributed by atoms with Crippen molar-refractivity contribution >= 4 is 11.6 Å². The molecule has 0 bridgehead atoms. The van der Waals surface area contributed by atoms with Gasteiger partial charge in [-0.15, -0.1) is 0 Å². The Morgan fingerprint density at radius 2 is 1.52 bits per heavy atom. The van der Waals surface area contributed by atoms with Crippen LogP contribution in [0.1, 0.15) is 30.6 Å². The fraction of sp³-hybridized carbons (Fsp3) is 0.208. The molecule has 0 saturated heterocycles. The molecule has 1 atom stereocenters. The fourth-order valence-electron chi connectivity index (χ4n) is 2.74. The average Bonchev–Trinajstić information content (AvgIpc) is 2.78. The molecule has 2 N–H and O–H groups in total. The second kappa shape index (κ2) is 10.3. The largest absolute Gasteiger partial charge is 0.489 e. The Balaban J connectivity index is 1.44. The van der Waals surface area contributed by atoms with Gasteiger partial charge in [0.25, 0.3) is 5.91 Å². The lowest BCUT2D eigenvalue weighted by atomic mass is 10.1. The standard InChI is InChI=1S/C24H25NO4/c1-2-23(26)19-8-12-21(13-9-19)29-17-24(27)25-20-10-14-22(15-11-20)28-16-18-6-4-3-5-7-18/h3-15,23,26H,2,16-17H2,1H3,(H,25,27). The van der Waals surface area contributed by atoms with Crippen molar-refractivity contribution in [3.05, 3.63) is 90.0 Å². The monoisotopic (exact) mass is 391 g/mol. The van der Waals surface area contributed by atoms with E-state index in [1.807, 2.05) is 49.4 Å². The molecular weight excluding hydrogens is 366 g/mol. The van der Waals surface area contributed by atoms with Crippen LogP contribution in [0, 0.1) is 0 Å². The van der Waals surface area contributed by atoms with Gasteiger partial charge in [0.2, 0.25) is 0 Å². The van der Waals surface area contributed by atoms with E-state index in [2.05, 4.69) is 5.32 Å². The van der Waals surface area contributed by atoms with Gasteiger partial charge in [-0.2, -0.15) is 0 Å². The minimum atomic E-state index is -0.480. The van der Waals surface area contributed by atoms with Crippen molar-refractivity contribution < 1.29 is 19.4 Å². The summed E-state index contributed by atoms with van der Waals surface area (Å²) in [6, 6.07) is 24.3. The maximum Gasteiger partial charge on any atom is 0.262 e. The van der Waals surface area contributed by atoms with Gasteiger partial charge in [-0.25, -0.2) is 0 Å². The molecule has 1 unspecified atom stereocenters. The molecule has 5 heteroatoms. The number of benzene rings is 3. The van der Waals surface area contributed by atoms with Crippen LogP contribution in [0.3, 0.4) is 0 Å². The van der Waals surface area contributed by atoms with Crippen LogP contribution in [0.4, 0.5) is 5.69 Å². The zero-order chi connectivity index (χ0) is 20.5. The van der Waals surface area contributed by atoms with Crippen LogP contribution in [-0.4, -0.2) is 17.6 Å². The number of carbonyl (C=O) groups excluding carboxylic acids is 1. The number of aliphatic hydroxyl groups excluding tert-OH is 1. The number of carbonyl (C=O) groups is 1. The number of aliphatic hydroxyl groups is 1. The number of ether oxygens (including phenoxy) is 2. The van der Waals surface area contributed by atoms with Gasteiger partial charge < -0.3 is 19.9 Å². The van der Waals surface area contributed by atoms with Crippen molar-refractivity contribution in [2.45, 2.75) is 26.1 Å². The summed E-state index contributed by atoms with van der Waals surface area (Å²) < 4.78 is 11.2. The summed E-state index contributed by atoms with van der Waals surface area (Å²) in [5, 5.41) is 12.6. The number of amides is 1. The van der Waals surface area contributed by atoms with E-state index < -0.39 is 6.10 Å². The van der Waals surface area contributed by atoms with Crippen molar-refractivity contribution in [2.24, 2.45) is 0 Å². The van der Waals surface area contributed by atoms with Crippen LogP contribution < -0.4 is 14.8 Å². The van der Waals surface area contributed by atoms with E-state index in [4.69, 9.17) is 9.47 Å². The van der Waals surface area contributed by atoms with Gasteiger partial charge >= 0.3 is 0 Å². The Hall–Kier alpha value is -3.31. The van der Waals surface area contributed by atoms with Crippen molar-refractivity contribution in [1.82, 2.24) is 0 Å². The van der Waals surface area contributed by atoms with Crippen LogP contribution in [-0.2, 0) is 11.4 Å². The van der Waals surface area contributed by atoms with Gasteiger partial charge in [0.15, 0.2) is 6.61 Å². The van der Waals surface area contributed by atoms with Crippen molar-refractivity contribution in [3.63, 3.8) is 0 Å². The molecule has 0 radical (unpaired) electrons. The molecule has 3 rings (SSSR count). The van der Waals surface area contributed by atoms with Crippen molar-refractivity contribution in [3.8, 4) is 11.5 Å². The Labute approximate surface area is 170 Å². The van der Waals surface area contributed by atoms with Gasteiger partial charge in [-0.05, 0) is 53.9 Å². The number of hydrogen-bond acceptors (Lipinski definition) is 4. The van der Waals surface area contributed by atoms with E-state index >= 15 is 0 Å². The molecule has 0 heterocycles. The second-order valence-corrected chi connectivity index (χ2v) is 6.63. The van der Waals surface area contributed by atoms with E-state index in [1.54, 1.807) is 36.4 Å². The zero-order valence-corrected chi connectivity index (χ0v) is 16.4. The first-order valence-corrected chi connectivity index (χ1v) is 9.61. The lowest BCUT2D eigenvalue weighted by Crippen LogP contribution is -2.20. The van der Waals surface area contributed by atoms with Crippen LogP contribution in [0.15, 0.2) is 78.9 Å². The predicted octanol–water partition coefficient (Wildman–Crippen LogP) is 4.73. The molecule has 3 aromatic rings. The lowest BCUT2D eigenvalue weighted by molar-refractivity contribution is -0.118. The number of nitrogens with one attached hydrogen (secondary N) is 1. The molecule has 0 aliphatic heterocycles. The van der Waals surface area contributed by atoms with Gasteiger partial charge in [0.05, 0.1) is 6.10 Å². The predicted molar refractivity (Wildman–Crippen MR) is 113 cm³/mol. The third-order valence-corrected chi connectivity index (χ3v) is 4.41. The summed E-state index contributed by atoms with van der Waals surface area (Å²) in [6.45, 7) is 2.32. The van der Waals surface area contributed by atoms with E-state index in [1.165, 1.54) is 0 Å². The minimum absolute atomic E-state index is 0.0953. The summed E-state index contributed by atoms with van der Waals surface area (Å²) in [5.74, 6) is 1.06. The summed E-state index contributed by atoms with van der Waals surface area (Å²) in [7, 11) is 0. The second-order valence-electron chi connectivity index (χ2n) is 6.63. The quantitative estimate of drug-likeness (QED) is 0.553. The maximum atomic E-state index is 12.1. The molecule has 150 valence electrons. The zero-order valence-electron chi connectivity index (χ0n) is 16.4. The third kappa shape index (κ3) is 6.36. The van der Waals surface area contributed by atoms with E-state index in [0.717, 1.165) is 16.9 Å². The van der Waals surface area contributed by atoms with Crippen molar-refractivity contribution in [2.75, 3.05) is 11.9 Å². The normalized spacial score (nSPS) is 11.5. The molecule has 3 aromatic carbocycles. The van der Waals surface area contributed by atoms with Gasteiger partial charge in [-0.1, -0.05) is 49.4 Å². The van der Waals surface area contributed by atoms with Crippen molar-refractivity contribution in [1.29, 1.82) is 0 Å². The number of anilines is 1. The van der Waals surface area contributed by atoms with E-state index in [9.17, 15) is 9.90 Å². The molecule has 1 amide bonds. The molecule has 0 fully saturated rings. The van der Waals surface area contributed by atoms with E-state index in [0.29, 0.717) is 24.5 Å². The molecule has 0 saturated carbocycles. The Morgan fingerprint density at radius 3 is 2.17 bits per heavy atom. The molecular formula is C24H25NO4. The van der Waals surface area contributed by atoms with E-state index in [-0.39, 0.29) is 12.5 Å². The number of hydrogen-bond donors (Lipinski definition) is 2.